The number of unbranched alkanes of at least 4 members (excludes halogenated alkanes) is 29. The Morgan fingerprint density at radius 1 is 0.500 bits per heavy atom. The first-order valence-electron chi connectivity index (χ1n) is 24.8. The van der Waals surface area contributed by atoms with Gasteiger partial charge in [0.25, 0.3) is 0 Å². The summed E-state index contributed by atoms with van der Waals surface area (Å²) in [7, 11) is -4.62. The molecule has 0 bridgehead atoms. The molecule has 0 aromatic rings. The van der Waals surface area contributed by atoms with Gasteiger partial charge in [0.15, 0.2) is 6.10 Å². The van der Waals surface area contributed by atoms with Gasteiger partial charge in [-0.25, -0.2) is 4.57 Å². The summed E-state index contributed by atoms with van der Waals surface area (Å²) in [6.45, 7) is 2.40. The van der Waals surface area contributed by atoms with Crippen molar-refractivity contribution in [1.29, 1.82) is 0 Å². The molecule has 0 aromatic heterocycles. The molecule has 0 aliphatic rings. The quantitative estimate of drug-likeness (QED) is 0.0233. The van der Waals surface area contributed by atoms with Crippen molar-refractivity contribution in [2.45, 2.75) is 251 Å². The van der Waals surface area contributed by atoms with Crippen LogP contribution in [-0.2, 0) is 32.7 Å². The molecule has 0 rings (SSSR count). The zero-order valence-corrected chi connectivity index (χ0v) is 39.6. The second kappa shape index (κ2) is 45.5. The van der Waals surface area contributed by atoms with Gasteiger partial charge in [-0.2, -0.15) is 0 Å². The number of rotatable bonds is 47. The van der Waals surface area contributed by atoms with Crippen molar-refractivity contribution in [2.24, 2.45) is 0 Å². The smallest absolute Gasteiger partial charge is 0.462 e. The van der Waals surface area contributed by atoms with Crippen LogP contribution in [0.1, 0.15) is 239 Å². The predicted molar refractivity (Wildman–Crippen MR) is 247 cm³/mol. The fourth-order valence-electron chi connectivity index (χ4n) is 7.03. The number of hydrogen-bond donors (Lipinski definition) is 3. The van der Waals surface area contributed by atoms with Gasteiger partial charge >= 0.3 is 19.8 Å². The van der Waals surface area contributed by atoms with Crippen molar-refractivity contribution in [2.75, 3.05) is 26.4 Å². The molecule has 354 valence electrons. The maximum atomic E-state index is 12.7. The van der Waals surface area contributed by atoms with E-state index in [1.165, 1.54) is 148 Å². The Balaban J connectivity index is 4.18. The molecule has 11 heteroatoms. The van der Waals surface area contributed by atoms with E-state index in [0.717, 1.165) is 51.4 Å². The molecule has 0 aromatic carbocycles. The lowest BCUT2D eigenvalue weighted by molar-refractivity contribution is -0.161. The van der Waals surface area contributed by atoms with Gasteiger partial charge in [-0.3, -0.25) is 18.6 Å². The molecule has 0 aliphatic heterocycles. The molecular weight excluding hydrogens is 780 g/mol. The van der Waals surface area contributed by atoms with Crippen molar-refractivity contribution in [3.63, 3.8) is 0 Å². The Morgan fingerprint density at radius 2 is 0.867 bits per heavy atom. The summed E-state index contributed by atoms with van der Waals surface area (Å²) < 4.78 is 32.8. The molecule has 0 fully saturated rings. The number of aliphatic hydroxyl groups excluding tert-OH is 2. The fourth-order valence-corrected chi connectivity index (χ4v) is 7.82. The average Bonchev–Trinajstić information content (AvgIpc) is 3.24. The zero-order valence-electron chi connectivity index (χ0n) is 38.7. The van der Waals surface area contributed by atoms with Gasteiger partial charge in [-0.1, -0.05) is 205 Å². The van der Waals surface area contributed by atoms with Gasteiger partial charge in [0.1, 0.15) is 12.7 Å². The van der Waals surface area contributed by atoms with Crippen molar-refractivity contribution in [1.82, 2.24) is 0 Å². The van der Waals surface area contributed by atoms with Crippen molar-refractivity contribution in [3.8, 4) is 0 Å². The van der Waals surface area contributed by atoms with E-state index in [1.807, 2.05) is 0 Å². The largest absolute Gasteiger partial charge is 0.472 e. The number of phosphoric ester groups is 1. The molecule has 0 radical (unpaired) electrons. The molecule has 3 N–H and O–H groups in total. The minimum absolute atomic E-state index is 0.188. The minimum atomic E-state index is -4.62. The van der Waals surface area contributed by atoms with Crippen LogP contribution >= 0.6 is 7.82 Å². The number of carbonyl (C=O) groups excluding carboxylic acids is 2. The highest BCUT2D eigenvalue weighted by Gasteiger charge is 2.27. The summed E-state index contributed by atoms with van der Waals surface area (Å²) in [5, 5.41) is 18.4. The number of allylic oxidation sites excluding steroid dienone is 4. The lowest BCUT2D eigenvalue weighted by atomic mass is 10.0. The molecule has 3 atom stereocenters. The number of hydrogen-bond acceptors (Lipinski definition) is 9. The van der Waals surface area contributed by atoms with Crippen LogP contribution in [0.25, 0.3) is 0 Å². The molecular formula is C49H93O10P. The van der Waals surface area contributed by atoms with Gasteiger partial charge in [0.05, 0.1) is 19.8 Å². The lowest BCUT2D eigenvalue weighted by Gasteiger charge is -2.20. The van der Waals surface area contributed by atoms with Gasteiger partial charge in [-0.05, 0) is 44.9 Å². The molecule has 60 heavy (non-hydrogen) atoms. The van der Waals surface area contributed by atoms with Crippen LogP contribution in [0.15, 0.2) is 24.3 Å². The highest BCUT2D eigenvalue weighted by molar-refractivity contribution is 7.47. The van der Waals surface area contributed by atoms with Gasteiger partial charge in [0.2, 0.25) is 0 Å². The van der Waals surface area contributed by atoms with Crippen LogP contribution in [0, 0.1) is 0 Å². The Morgan fingerprint density at radius 3 is 1.32 bits per heavy atom. The normalized spacial score (nSPS) is 13.9. The number of ether oxygens (including phenoxy) is 2. The molecule has 0 spiro atoms. The Kier molecular flexibility index (Phi) is 44.3. The summed E-state index contributed by atoms with van der Waals surface area (Å²) >= 11 is 0. The minimum Gasteiger partial charge on any atom is -0.462 e. The molecule has 0 aliphatic carbocycles. The number of phosphoric acid groups is 1. The van der Waals surface area contributed by atoms with E-state index in [-0.39, 0.29) is 19.4 Å². The first kappa shape index (κ1) is 58.5. The Labute approximate surface area is 368 Å². The van der Waals surface area contributed by atoms with E-state index in [4.69, 9.17) is 23.6 Å². The Hall–Kier alpha value is -1.55. The number of esters is 2. The van der Waals surface area contributed by atoms with E-state index in [9.17, 15) is 24.2 Å². The Bertz CT molecular complexity index is 1050. The maximum Gasteiger partial charge on any atom is 0.472 e. The topological polar surface area (TPSA) is 149 Å². The standard InChI is InChI=1S/C49H93O10P/c1-3-5-7-9-11-13-15-17-19-21-23-25-26-28-30-32-34-36-38-40-48(52)56-44-47(45-58-60(54,55)57-43-46(51)42-50)59-49(53)41-39-37-35-33-31-29-27-24-22-20-18-16-14-12-10-8-6-4-2/h11,13,17,19,46-47,50-51H,3-10,12,14-16,18,20-45H2,1-2H3,(H,54,55)/b13-11-,19-17-/t46-,47+/m0/s1. The summed E-state index contributed by atoms with van der Waals surface area (Å²) in [6.07, 6.45) is 47.1. The van der Waals surface area contributed by atoms with Crippen molar-refractivity contribution in [3.05, 3.63) is 24.3 Å². The van der Waals surface area contributed by atoms with Crippen LogP contribution in [-0.4, -0.2) is 65.7 Å². The van der Waals surface area contributed by atoms with Crippen LogP contribution in [0.4, 0.5) is 0 Å². The predicted octanol–water partition coefficient (Wildman–Crippen LogP) is 13.7. The van der Waals surface area contributed by atoms with Gasteiger partial charge in [-0.15, -0.1) is 0 Å². The van der Waals surface area contributed by atoms with Crippen LogP contribution in [0.5, 0.6) is 0 Å². The molecule has 0 saturated heterocycles. The second-order valence-electron chi connectivity index (χ2n) is 16.8. The second-order valence-corrected chi connectivity index (χ2v) is 18.3. The first-order valence-corrected chi connectivity index (χ1v) is 26.3. The molecule has 1 unspecified atom stereocenters. The van der Waals surface area contributed by atoms with Crippen molar-refractivity contribution < 1.29 is 47.8 Å². The highest BCUT2D eigenvalue weighted by Crippen LogP contribution is 2.43. The van der Waals surface area contributed by atoms with Crippen LogP contribution in [0.2, 0.25) is 0 Å². The summed E-state index contributed by atoms with van der Waals surface area (Å²) in [4.78, 5) is 35.1. The molecule has 0 amide bonds. The molecule has 0 heterocycles. The monoisotopic (exact) mass is 873 g/mol. The van der Waals surface area contributed by atoms with Crippen LogP contribution < -0.4 is 0 Å². The van der Waals surface area contributed by atoms with Gasteiger partial charge < -0.3 is 24.6 Å². The third-order valence-corrected chi connectivity index (χ3v) is 11.8. The van der Waals surface area contributed by atoms with E-state index < -0.39 is 51.8 Å². The van der Waals surface area contributed by atoms with Gasteiger partial charge in [0, 0.05) is 12.8 Å². The van der Waals surface area contributed by atoms with Crippen LogP contribution in [0.3, 0.4) is 0 Å². The van der Waals surface area contributed by atoms with E-state index in [1.54, 1.807) is 0 Å². The number of carbonyl (C=O) groups is 2. The summed E-state index contributed by atoms with van der Waals surface area (Å²) in [6, 6.07) is 0. The molecule has 0 saturated carbocycles. The third kappa shape index (κ3) is 44.5. The summed E-state index contributed by atoms with van der Waals surface area (Å²) in [5.41, 5.74) is 0. The average molecular weight is 873 g/mol. The number of aliphatic hydroxyl groups is 2. The maximum absolute atomic E-state index is 12.7. The third-order valence-electron chi connectivity index (χ3n) is 10.9. The van der Waals surface area contributed by atoms with E-state index in [0.29, 0.717) is 12.8 Å². The van der Waals surface area contributed by atoms with E-state index >= 15 is 0 Å². The zero-order chi connectivity index (χ0) is 44.0. The fraction of sp³-hybridized carbons (Fsp3) is 0.878. The lowest BCUT2D eigenvalue weighted by Crippen LogP contribution is -2.29. The van der Waals surface area contributed by atoms with E-state index in [2.05, 4.69) is 38.2 Å². The first-order chi connectivity index (χ1) is 29.2. The SMILES string of the molecule is CCCCC/C=C\C/C=C\CCCCCCCCCCCC(=O)OC[C@H](COP(=O)(O)OC[C@@H](O)CO)OC(=O)CCCCCCCCCCCCCCCCCCCC. The highest BCUT2D eigenvalue weighted by atomic mass is 31.2. The molecule has 10 nitrogen and oxygen atoms in total. The summed E-state index contributed by atoms with van der Waals surface area (Å²) in [5.74, 6) is -0.917. The van der Waals surface area contributed by atoms with Crippen molar-refractivity contribution >= 4 is 19.8 Å².